The van der Waals surface area contributed by atoms with Crippen molar-refractivity contribution in [2.45, 2.75) is 13.8 Å². The molecule has 0 radical (unpaired) electrons. The highest BCUT2D eigenvalue weighted by Gasteiger charge is 2.18. The molecule has 0 aliphatic rings. The molecule has 0 aliphatic carbocycles. The number of carbonyl (C=O) groups excluding carboxylic acids is 1. The molecule has 0 saturated carbocycles. The fourth-order valence-electron chi connectivity index (χ4n) is 1.90. The molecule has 0 aromatic heterocycles. The predicted molar refractivity (Wildman–Crippen MR) is 75.6 cm³/mol. The van der Waals surface area contributed by atoms with Crippen LogP contribution in [-0.4, -0.2) is 44.7 Å². The summed E-state index contributed by atoms with van der Waals surface area (Å²) in [5.74, 6) is -0.264. The van der Waals surface area contributed by atoms with E-state index in [0.717, 1.165) is 0 Å². The third kappa shape index (κ3) is 4.49. The van der Waals surface area contributed by atoms with Gasteiger partial charge < -0.3 is 14.4 Å². The highest BCUT2D eigenvalue weighted by atomic mass is 19.1. The second-order valence-electron chi connectivity index (χ2n) is 4.99. The molecular weight excluding hydrogens is 261 g/mol. The topological polar surface area (TPSA) is 38.8 Å². The molecule has 1 amide bonds. The van der Waals surface area contributed by atoms with Gasteiger partial charge in [-0.1, -0.05) is 13.8 Å². The average molecular weight is 283 g/mol. The van der Waals surface area contributed by atoms with Crippen LogP contribution in [0.4, 0.5) is 4.39 Å². The fraction of sp³-hybridized carbons (Fsp3) is 0.533. The molecule has 1 aromatic carbocycles. The Kier molecular flexibility index (Phi) is 6.45. The quantitative estimate of drug-likeness (QED) is 0.772. The van der Waals surface area contributed by atoms with Gasteiger partial charge in [0.15, 0.2) is 11.6 Å². The number of rotatable bonds is 7. The summed E-state index contributed by atoms with van der Waals surface area (Å²) < 4.78 is 23.5. The lowest BCUT2D eigenvalue weighted by Crippen LogP contribution is -2.36. The highest BCUT2D eigenvalue weighted by molar-refractivity contribution is 5.94. The lowest BCUT2D eigenvalue weighted by Gasteiger charge is -2.24. The van der Waals surface area contributed by atoms with E-state index in [1.165, 1.54) is 19.2 Å². The van der Waals surface area contributed by atoms with Crippen LogP contribution in [0.15, 0.2) is 18.2 Å². The molecule has 4 nitrogen and oxygen atoms in total. The Balaban J connectivity index is 2.90. The summed E-state index contributed by atoms with van der Waals surface area (Å²) in [6.07, 6.45) is 0. The Morgan fingerprint density at radius 1 is 1.35 bits per heavy atom. The van der Waals surface area contributed by atoms with Gasteiger partial charge >= 0.3 is 0 Å². The Morgan fingerprint density at radius 3 is 2.55 bits per heavy atom. The van der Waals surface area contributed by atoms with Gasteiger partial charge in [0.2, 0.25) is 0 Å². The summed E-state index contributed by atoms with van der Waals surface area (Å²) in [6, 6.07) is 4.25. The van der Waals surface area contributed by atoms with Crippen molar-refractivity contribution in [1.29, 1.82) is 0 Å². The van der Waals surface area contributed by atoms with E-state index in [1.54, 1.807) is 18.1 Å². The first kappa shape index (κ1) is 16.4. The van der Waals surface area contributed by atoms with Gasteiger partial charge in [-0.05, 0) is 24.1 Å². The van der Waals surface area contributed by atoms with Gasteiger partial charge in [0.25, 0.3) is 5.91 Å². The van der Waals surface area contributed by atoms with E-state index in [-0.39, 0.29) is 11.7 Å². The third-order valence-electron chi connectivity index (χ3n) is 2.84. The Morgan fingerprint density at radius 2 is 2.05 bits per heavy atom. The molecule has 0 fully saturated rings. The summed E-state index contributed by atoms with van der Waals surface area (Å²) in [4.78, 5) is 14.1. The van der Waals surface area contributed by atoms with E-state index >= 15 is 0 Å². The second-order valence-corrected chi connectivity index (χ2v) is 4.99. The molecule has 0 N–H and O–H groups in total. The summed E-state index contributed by atoms with van der Waals surface area (Å²) in [5, 5.41) is 0. The maximum absolute atomic E-state index is 13.7. The van der Waals surface area contributed by atoms with Crippen molar-refractivity contribution in [2.24, 2.45) is 5.92 Å². The lowest BCUT2D eigenvalue weighted by molar-refractivity contribution is 0.0672. The molecule has 0 bridgehead atoms. The van der Waals surface area contributed by atoms with E-state index in [9.17, 15) is 9.18 Å². The largest absolute Gasteiger partial charge is 0.494 e. The monoisotopic (exact) mass is 283 g/mol. The average Bonchev–Trinajstić information content (AvgIpc) is 2.42. The summed E-state index contributed by atoms with van der Waals surface area (Å²) in [7, 11) is 2.98. The van der Waals surface area contributed by atoms with Crippen LogP contribution in [0.3, 0.4) is 0 Å². The van der Waals surface area contributed by atoms with Gasteiger partial charge in [0.05, 0.1) is 13.7 Å². The van der Waals surface area contributed by atoms with E-state index in [1.807, 2.05) is 13.8 Å². The number of methoxy groups -OCH3 is 2. The van der Waals surface area contributed by atoms with Crippen LogP contribution >= 0.6 is 0 Å². The molecule has 5 heteroatoms. The van der Waals surface area contributed by atoms with E-state index in [2.05, 4.69) is 0 Å². The molecular formula is C15H22FNO3. The van der Waals surface area contributed by atoms with Crippen molar-refractivity contribution in [1.82, 2.24) is 4.90 Å². The van der Waals surface area contributed by atoms with Gasteiger partial charge in [0, 0.05) is 25.8 Å². The van der Waals surface area contributed by atoms with Crippen LogP contribution in [0, 0.1) is 11.7 Å². The molecule has 112 valence electrons. The van der Waals surface area contributed by atoms with E-state index in [4.69, 9.17) is 9.47 Å². The number of ether oxygens (including phenoxy) is 2. The van der Waals surface area contributed by atoms with Crippen molar-refractivity contribution in [2.75, 3.05) is 33.9 Å². The highest BCUT2D eigenvalue weighted by Crippen LogP contribution is 2.19. The Labute approximate surface area is 119 Å². The first-order valence-corrected chi connectivity index (χ1v) is 6.61. The van der Waals surface area contributed by atoms with Crippen molar-refractivity contribution in [3.63, 3.8) is 0 Å². The predicted octanol–water partition coefficient (Wildman–Crippen LogP) is 2.58. The number of carbonyl (C=O) groups is 1. The van der Waals surface area contributed by atoms with Crippen LogP contribution in [0.2, 0.25) is 0 Å². The zero-order chi connectivity index (χ0) is 15.1. The number of benzene rings is 1. The van der Waals surface area contributed by atoms with Crippen LogP contribution in [-0.2, 0) is 4.74 Å². The molecule has 1 aromatic rings. The SMILES string of the molecule is COCCN(CC(C)C)C(=O)c1ccc(OC)c(F)c1. The van der Waals surface area contributed by atoms with Gasteiger partial charge in [-0.3, -0.25) is 4.79 Å². The minimum Gasteiger partial charge on any atom is -0.494 e. The third-order valence-corrected chi connectivity index (χ3v) is 2.84. The van der Waals surface area contributed by atoms with Gasteiger partial charge in [0.1, 0.15) is 0 Å². The molecule has 0 spiro atoms. The zero-order valence-corrected chi connectivity index (χ0v) is 12.5. The van der Waals surface area contributed by atoms with Crippen LogP contribution in [0.5, 0.6) is 5.75 Å². The van der Waals surface area contributed by atoms with Gasteiger partial charge in [-0.15, -0.1) is 0 Å². The minimum atomic E-state index is -0.533. The maximum atomic E-state index is 13.7. The van der Waals surface area contributed by atoms with Crippen molar-refractivity contribution in [3.05, 3.63) is 29.6 Å². The van der Waals surface area contributed by atoms with Crippen molar-refractivity contribution < 1.29 is 18.7 Å². The standard InChI is InChI=1S/C15H22FNO3/c1-11(2)10-17(7-8-19-3)15(18)12-5-6-14(20-4)13(16)9-12/h5-6,9,11H,7-8,10H2,1-4H3. The zero-order valence-electron chi connectivity index (χ0n) is 12.5. The fourth-order valence-corrected chi connectivity index (χ4v) is 1.90. The summed E-state index contributed by atoms with van der Waals surface area (Å²) in [6.45, 7) is 5.61. The van der Waals surface area contributed by atoms with Gasteiger partial charge in [-0.2, -0.15) is 0 Å². The first-order chi connectivity index (χ1) is 9.49. The molecule has 1 rings (SSSR count). The number of hydrogen-bond donors (Lipinski definition) is 0. The molecule has 0 saturated heterocycles. The summed E-state index contributed by atoms with van der Waals surface area (Å²) >= 11 is 0. The summed E-state index contributed by atoms with van der Waals surface area (Å²) in [5.41, 5.74) is 0.319. The Hall–Kier alpha value is -1.62. The van der Waals surface area contributed by atoms with Crippen LogP contribution in [0.1, 0.15) is 24.2 Å². The van der Waals surface area contributed by atoms with E-state index in [0.29, 0.717) is 31.2 Å². The molecule has 20 heavy (non-hydrogen) atoms. The number of nitrogens with zero attached hydrogens (tertiary/aromatic N) is 1. The van der Waals surface area contributed by atoms with Crippen molar-refractivity contribution in [3.8, 4) is 5.75 Å². The van der Waals surface area contributed by atoms with Gasteiger partial charge in [-0.25, -0.2) is 4.39 Å². The minimum absolute atomic E-state index is 0.133. The van der Waals surface area contributed by atoms with Crippen molar-refractivity contribution >= 4 is 5.91 Å². The van der Waals surface area contributed by atoms with Crippen LogP contribution < -0.4 is 4.74 Å². The lowest BCUT2D eigenvalue weighted by atomic mass is 10.1. The number of hydrogen-bond acceptors (Lipinski definition) is 3. The normalized spacial score (nSPS) is 10.7. The molecule has 0 atom stereocenters. The molecule has 0 unspecified atom stereocenters. The molecule has 0 aliphatic heterocycles. The maximum Gasteiger partial charge on any atom is 0.254 e. The second kappa shape index (κ2) is 7.85. The van der Waals surface area contributed by atoms with E-state index < -0.39 is 5.82 Å². The number of halogens is 1. The Bertz CT molecular complexity index is 449. The first-order valence-electron chi connectivity index (χ1n) is 6.61. The number of amides is 1. The smallest absolute Gasteiger partial charge is 0.254 e. The van der Waals surface area contributed by atoms with Crippen LogP contribution in [0.25, 0.3) is 0 Å². The molecule has 0 heterocycles.